The van der Waals surface area contributed by atoms with Gasteiger partial charge >= 0.3 is 29.6 Å². The van der Waals surface area contributed by atoms with E-state index >= 15 is 0 Å². The van der Waals surface area contributed by atoms with Crippen molar-refractivity contribution in [2.75, 3.05) is 24.6 Å². The van der Waals surface area contributed by atoms with E-state index in [9.17, 15) is 4.79 Å². The average Bonchev–Trinajstić information content (AvgIpc) is 2.43. The summed E-state index contributed by atoms with van der Waals surface area (Å²) in [5.41, 5.74) is 3.24. The van der Waals surface area contributed by atoms with Crippen molar-refractivity contribution in [3.8, 4) is 0 Å². The number of benzene rings is 1. The molecule has 1 aromatic rings. The van der Waals surface area contributed by atoms with Crippen molar-refractivity contribution in [2.24, 2.45) is 0 Å². The van der Waals surface area contributed by atoms with E-state index in [1.165, 1.54) is 0 Å². The number of anilines is 1. The van der Waals surface area contributed by atoms with Crippen LogP contribution in [0.5, 0.6) is 0 Å². The van der Waals surface area contributed by atoms with Gasteiger partial charge in [-0.05, 0) is 24.0 Å². The van der Waals surface area contributed by atoms with Gasteiger partial charge in [0.2, 0.25) is 5.91 Å². The van der Waals surface area contributed by atoms with Gasteiger partial charge in [0, 0.05) is 7.11 Å². The number of ether oxygens (including phenoxy) is 1. The van der Waals surface area contributed by atoms with Crippen molar-refractivity contribution in [1.29, 1.82) is 0 Å². The van der Waals surface area contributed by atoms with E-state index in [0.717, 1.165) is 29.7 Å². The number of aryl methyl sites for hydroxylation is 2. The summed E-state index contributed by atoms with van der Waals surface area (Å²) in [7, 11) is 1.58. The molecule has 0 atom stereocenters. The molecular weight excluding hydrogens is 273 g/mol. The molecule has 0 saturated heterocycles. The number of amides is 1. The van der Waals surface area contributed by atoms with Crippen LogP contribution in [-0.2, 0) is 22.4 Å². The molecule has 0 fully saturated rings. The predicted octanol–water partition coefficient (Wildman–Crippen LogP) is 2.34. The van der Waals surface area contributed by atoms with Gasteiger partial charge in [-0.25, -0.2) is 0 Å². The minimum absolute atomic E-state index is 0. The summed E-state index contributed by atoms with van der Waals surface area (Å²) in [6, 6.07) is 6.11. The zero-order chi connectivity index (χ0) is 13.5. The molecule has 0 aliphatic carbocycles. The molecule has 0 aliphatic heterocycles. The quantitative estimate of drug-likeness (QED) is 0.458. The zero-order valence-corrected chi connectivity index (χ0v) is 12.0. The fraction of sp³-hybridized carbons (Fsp3) is 0.500. The topological polar surface area (TPSA) is 29.5 Å². The van der Waals surface area contributed by atoms with E-state index in [-0.39, 0.29) is 48.1 Å². The van der Waals surface area contributed by atoms with Crippen molar-refractivity contribution >= 4 is 52.8 Å². The number of hydrogen-bond acceptors (Lipinski definition) is 2. The minimum atomic E-state index is -0.130. The summed E-state index contributed by atoms with van der Waals surface area (Å²) in [6.07, 6.45) is 1.75. The molecule has 3 nitrogen and oxygen atoms in total. The van der Waals surface area contributed by atoms with Gasteiger partial charge in [0.1, 0.15) is 12.6 Å². The average molecular weight is 294 g/mol. The van der Waals surface area contributed by atoms with Crippen molar-refractivity contribution in [1.82, 2.24) is 0 Å². The van der Waals surface area contributed by atoms with Gasteiger partial charge in [-0.15, -0.1) is 11.6 Å². The third kappa shape index (κ3) is 4.76. The van der Waals surface area contributed by atoms with E-state index in [2.05, 4.69) is 13.8 Å². The Hall–Kier alpha value is -0.0600. The summed E-state index contributed by atoms with van der Waals surface area (Å²) in [6.45, 7) is 4.39. The third-order valence-electron chi connectivity index (χ3n) is 2.91. The van der Waals surface area contributed by atoms with Crippen LogP contribution in [-0.4, -0.2) is 55.2 Å². The first kappa shape index (κ1) is 18.9. The fourth-order valence-electron chi connectivity index (χ4n) is 2.02. The van der Waals surface area contributed by atoms with E-state index in [1.54, 1.807) is 12.0 Å². The van der Waals surface area contributed by atoms with Crippen LogP contribution in [0.2, 0.25) is 0 Å². The molecule has 0 spiro atoms. The summed E-state index contributed by atoms with van der Waals surface area (Å²) in [4.78, 5) is 13.6. The van der Waals surface area contributed by atoms with Crippen LogP contribution in [0.4, 0.5) is 5.69 Å². The first-order chi connectivity index (χ1) is 8.69. The molecular formula is C14H21ClNNaO2. The van der Waals surface area contributed by atoms with Gasteiger partial charge < -0.3 is 4.74 Å². The molecule has 0 radical (unpaired) electrons. The second kappa shape index (κ2) is 9.78. The summed E-state index contributed by atoms with van der Waals surface area (Å²) in [5, 5.41) is 0. The maximum absolute atomic E-state index is 12.0. The van der Waals surface area contributed by atoms with Crippen molar-refractivity contribution < 1.29 is 9.53 Å². The van der Waals surface area contributed by atoms with E-state index in [0.29, 0.717) is 0 Å². The van der Waals surface area contributed by atoms with Crippen molar-refractivity contribution in [3.63, 3.8) is 0 Å². The third-order valence-corrected chi connectivity index (χ3v) is 3.14. The maximum atomic E-state index is 12.0. The number of alkyl halides is 1. The molecule has 19 heavy (non-hydrogen) atoms. The van der Waals surface area contributed by atoms with Crippen LogP contribution in [0.25, 0.3) is 0 Å². The Morgan fingerprint density at radius 3 is 2.16 bits per heavy atom. The number of nitrogens with zero attached hydrogens (tertiary/aromatic N) is 1. The predicted molar refractivity (Wildman–Crippen MR) is 82.4 cm³/mol. The van der Waals surface area contributed by atoms with Crippen LogP contribution in [0.15, 0.2) is 18.2 Å². The van der Waals surface area contributed by atoms with Crippen LogP contribution in [0.3, 0.4) is 0 Å². The molecule has 0 aromatic heterocycles. The first-order valence-corrected chi connectivity index (χ1v) is 6.69. The second-order valence-electron chi connectivity index (χ2n) is 4.01. The first-order valence-electron chi connectivity index (χ1n) is 6.15. The molecule has 1 amide bonds. The van der Waals surface area contributed by atoms with Crippen LogP contribution < -0.4 is 4.90 Å². The van der Waals surface area contributed by atoms with Crippen molar-refractivity contribution in [2.45, 2.75) is 26.7 Å². The molecule has 1 rings (SSSR count). The number of carbonyl (C=O) groups excluding carboxylic acids is 1. The van der Waals surface area contributed by atoms with Crippen LogP contribution in [0.1, 0.15) is 25.0 Å². The standard InChI is InChI=1S/C14H20ClNO2.Na.H/c1-4-11-7-6-8-12(5-2)14(11)16(10-18-3)13(17)9-15;;/h6-8H,4-5,9-10H2,1-3H3;;. The normalized spacial score (nSPS) is 9.89. The number of carbonyl (C=O) groups is 1. The Bertz CT molecular complexity index is 390. The molecule has 102 valence electrons. The Morgan fingerprint density at radius 1 is 1.26 bits per heavy atom. The second-order valence-corrected chi connectivity index (χ2v) is 4.27. The van der Waals surface area contributed by atoms with Gasteiger partial charge in [-0.3, -0.25) is 9.69 Å². The Labute approximate surface area is 142 Å². The van der Waals surface area contributed by atoms with Gasteiger partial charge in [0.15, 0.2) is 0 Å². The summed E-state index contributed by atoms with van der Waals surface area (Å²) in [5.74, 6) is -0.168. The van der Waals surface area contributed by atoms with Gasteiger partial charge in [0.05, 0.1) is 5.69 Å². The summed E-state index contributed by atoms with van der Waals surface area (Å²) < 4.78 is 5.13. The molecule has 0 unspecified atom stereocenters. The van der Waals surface area contributed by atoms with E-state index in [1.807, 2.05) is 18.2 Å². The van der Waals surface area contributed by atoms with Crippen molar-refractivity contribution in [3.05, 3.63) is 29.3 Å². The fourth-order valence-corrected chi connectivity index (χ4v) is 2.17. The molecule has 0 heterocycles. The molecule has 0 N–H and O–H groups in total. The number of methoxy groups -OCH3 is 1. The Kier molecular flexibility index (Phi) is 9.75. The zero-order valence-electron chi connectivity index (χ0n) is 11.2. The molecule has 0 saturated carbocycles. The molecule has 5 heteroatoms. The Morgan fingerprint density at radius 2 is 1.79 bits per heavy atom. The number of hydrogen-bond donors (Lipinski definition) is 0. The Balaban J connectivity index is 0.00000324. The van der Waals surface area contributed by atoms with Gasteiger partial charge in [-0.2, -0.15) is 0 Å². The van der Waals surface area contributed by atoms with Gasteiger partial charge in [-0.1, -0.05) is 32.0 Å². The van der Waals surface area contributed by atoms with Crippen LogP contribution in [0, 0.1) is 0 Å². The van der Waals surface area contributed by atoms with E-state index in [4.69, 9.17) is 16.3 Å². The number of para-hydroxylation sites is 1. The number of halogens is 1. The van der Waals surface area contributed by atoms with Crippen LogP contribution >= 0.6 is 11.6 Å². The monoisotopic (exact) mass is 293 g/mol. The molecule has 1 aromatic carbocycles. The van der Waals surface area contributed by atoms with E-state index < -0.39 is 0 Å². The molecule has 0 aliphatic rings. The molecule has 0 bridgehead atoms. The number of rotatable bonds is 6. The SMILES string of the molecule is CCc1cccc(CC)c1N(COC)C(=O)CCl.[NaH]. The summed E-state index contributed by atoms with van der Waals surface area (Å²) >= 11 is 5.68. The van der Waals surface area contributed by atoms with Gasteiger partial charge in [0.25, 0.3) is 0 Å².